The number of nitrogens with zero attached hydrogens (tertiary/aromatic N) is 2. The van der Waals surface area contributed by atoms with Gasteiger partial charge in [-0.2, -0.15) is 0 Å². The fraction of sp³-hybridized carbons (Fsp3) is 0.588. The number of fused-ring (bicyclic) bond motifs is 1. The van der Waals surface area contributed by atoms with Crippen LogP contribution < -0.4 is 4.31 Å². The van der Waals surface area contributed by atoms with E-state index in [1.54, 1.807) is 12.1 Å². The Morgan fingerprint density at radius 3 is 2.48 bits per heavy atom. The quantitative estimate of drug-likeness (QED) is 0.848. The smallest absolute Gasteiger partial charge is 0.254 e. The van der Waals surface area contributed by atoms with Gasteiger partial charge >= 0.3 is 0 Å². The summed E-state index contributed by atoms with van der Waals surface area (Å²) < 4.78 is 25.4. The second-order valence-corrected chi connectivity index (χ2v) is 8.85. The van der Waals surface area contributed by atoms with E-state index in [9.17, 15) is 13.2 Å². The van der Waals surface area contributed by atoms with Gasteiger partial charge in [0.1, 0.15) is 0 Å². The molecule has 1 aromatic carbocycles. The van der Waals surface area contributed by atoms with Crippen molar-refractivity contribution >= 4 is 21.6 Å². The Bertz CT molecular complexity index is 736. The lowest BCUT2D eigenvalue weighted by atomic mass is 10.1. The molecule has 23 heavy (non-hydrogen) atoms. The molecule has 1 aliphatic heterocycles. The average molecular weight is 336 g/mol. The van der Waals surface area contributed by atoms with E-state index < -0.39 is 10.0 Å². The minimum Gasteiger partial charge on any atom is -0.333 e. The lowest BCUT2D eigenvalue weighted by Crippen LogP contribution is -2.38. The zero-order chi connectivity index (χ0) is 16.9. The Morgan fingerprint density at radius 1 is 1.30 bits per heavy atom. The average Bonchev–Trinajstić information content (AvgIpc) is 3.17. The lowest BCUT2D eigenvalue weighted by molar-refractivity contribution is 0.0690. The molecule has 1 fully saturated rings. The van der Waals surface area contributed by atoms with E-state index in [-0.39, 0.29) is 18.0 Å². The van der Waals surface area contributed by atoms with Crippen molar-refractivity contribution in [1.29, 1.82) is 0 Å². The molecule has 1 saturated carbocycles. The van der Waals surface area contributed by atoms with Gasteiger partial charge < -0.3 is 4.90 Å². The summed E-state index contributed by atoms with van der Waals surface area (Å²) in [5, 5.41) is 0. The monoisotopic (exact) mass is 336 g/mol. The van der Waals surface area contributed by atoms with Gasteiger partial charge in [0.2, 0.25) is 10.0 Å². The maximum Gasteiger partial charge on any atom is 0.254 e. The third-order valence-corrected chi connectivity index (χ3v) is 5.84. The van der Waals surface area contributed by atoms with Gasteiger partial charge in [-0.3, -0.25) is 9.10 Å². The Labute approximate surface area is 138 Å². The Balaban J connectivity index is 1.93. The van der Waals surface area contributed by atoms with Gasteiger partial charge in [-0.05, 0) is 63.8 Å². The van der Waals surface area contributed by atoms with Gasteiger partial charge in [0.15, 0.2) is 0 Å². The Kier molecular flexibility index (Phi) is 3.91. The van der Waals surface area contributed by atoms with E-state index in [0.717, 1.165) is 18.4 Å². The number of amides is 1. The summed E-state index contributed by atoms with van der Waals surface area (Å²) >= 11 is 0. The first-order valence-electron chi connectivity index (χ1n) is 8.15. The molecule has 1 atom stereocenters. The van der Waals surface area contributed by atoms with Crippen LogP contribution in [0.4, 0.5) is 5.69 Å². The molecule has 6 heteroatoms. The Morgan fingerprint density at radius 2 is 1.96 bits per heavy atom. The number of carbonyl (C=O) groups is 1. The summed E-state index contributed by atoms with van der Waals surface area (Å²) in [6, 6.07) is 5.84. The van der Waals surface area contributed by atoms with Crippen LogP contribution in [-0.2, 0) is 16.4 Å². The summed E-state index contributed by atoms with van der Waals surface area (Å²) in [7, 11) is -3.29. The van der Waals surface area contributed by atoms with Crippen molar-refractivity contribution in [3.8, 4) is 0 Å². The third kappa shape index (κ3) is 2.96. The topological polar surface area (TPSA) is 57.7 Å². The van der Waals surface area contributed by atoms with E-state index >= 15 is 0 Å². The maximum atomic E-state index is 12.8. The molecule has 126 valence electrons. The molecule has 0 radical (unpaired) electrons. The van der Waals surface area contributed by atoms with Crippen LogP contribution in [0.3, 0.4) is 0 Å². The first-order chi connectivity index (χ1) is 10.7. The van der Waals surface area contributed by atoms with Crippen LogP contribution >= 0.6 is 0 Å². The van der Waals surface area contributed by atoms with Gasteiger partial charge in [0.05, 0.1) is 11.9 Å². The number of carbonyl (C=O) groups excluding carboxylic acids is 1. The molecule has 0 N–H and O–H groups in total. The third-order valence-electron chi connectivity index (χ3n) is 4.57. The van der Waals surface area contributed by atoms with E-state index in [1.807, 2.05) is 31.7 Å². The van der Waals surface area contributed by atoms with Gasteiger partial charge in [-0.15, -0.1) is 0 Å². The number of rotatable bonds is 4. The van der Waals surface area contributed by atoms with Crippen LogP contribution in [0.15, 0.2) is 18.2 Å². The van der Waals surface area contributed by atoms with Crippen molar-refractivity contribution in [2.45, 2.75) is 58.2 Å². The fourth-order valence-electron chi connectivity index (χ4n) is 3.56. The minimum absolute atomic E-state index is 0.0516. The highest BCUT2D eigenvalue weighted by Gasteiger charge is 2.36. The van der Waals surface area contributed by atoms with Gasteiger partial charge in [-0.25, -0.2) is 8.42 Å². The number of benzene rings is 1. The fourth-order valence-corrected chi connectivity index (χ4v) is 4.83. The van der Waals surface area contributed by atoms with E-state index in [2.05, 4.69) is 0 Å². The molecule has 1 aromatic rings. The highest BCUT2D eigenvalue weighted by Crippen LogP contribution is 2.36. The van der Waals surface area contributed by atoms with Crippen molar-refractivity contribution in [2.75, 3.05) is 10.6 Å². The molecule has 3 rings (SSSR count). The molecule has 1 heterocycles. The van der Waals surface area contributed by atoms with Crippen LogP contribution in [-0.4, -0.2) is 43.6 Å². The molecule has 1 amide bonds. The zero-order valence-electron chi connectivity index (χ0n) is 14.1. The van der Waals surface area contributed by atoms with Gasteiger partial charge in [-0.1, -0.05) is 0 Å². The van der Waals surface area contributed by atoms with Crippen molar-refractivity contribution in [3.63, 3.8) is 0 Å². The minimum atomic E-state index is -3.29. The van der Waals surface area contributed by atoms with Crippen molar-refractivity contribution in [2.24, 2.45) is 0 Å². The van der Waals surface area contributed by atoms with E-state index in [0.29, 0.717) is 23.7 Å². The van der Waals surface area contributed by atoms with Crippen molar-refractivity contribution in [3.05, 3.63) is 29.3 Å². The van der Waals surface area contributed by atoms with Gasteiger partial charge in [0, 0.05) is 23.7 Å². The summed E-state index contributed by atoms with van der Waals surface area (Å²) in [5.41, 5.74) is 2.30. The summed E-state index contributed by atoms with van der Waals surface area (Å²) in [6.45, 7) is 5.97. The predicted molar refractivity (Wildman–Crippen MR) is 91.3 cm³/mol. The van der Waals surface area contributed by atoms with E-state index in [1.165, 1.54) is 10.6 Å². The number of hydrogen-bond acceptors (Lipinski definition) is 3. The molecule has 0 bridgehead atoms. The normalized spacial score (nSPS) is 20.7. The molecule has 0 aromatic heterocycles. The van der Waals surface area contributed by atoms with Crippen molar-refractivity contribution in [1.82, 2.24) is 4.90 Å². The summed E-state index contributed by atoms with van der Waals surface area (Å²) in [4.78, 5) is 14.8. The molecule has 1 aliphatic carbocycles. The summed E-state index contributed by atoms with van der Waals surface area (Å²) in [5.74, 6) is 0.0516. The Hall–Kier alpha value is -1.56. The SMILES string of the molecule is CC(C)N(C(=O)c1ccc2c(c1)CC(C)N2S(C)(=O)=O)C1CC1. The summed E-state index contributed by atoms with van der Waals surface area (Å²) in [6.07, 6.45) is 4.03. The zero-order valence-corrected chi connectivity index (χ0v) is 14.9. The second-order valence-electron chi connectivity index (χ2n) is 6.99. The number of hydrogen-bond donors (Lipinski definition) is 0. The van der Waals surface area contributed by atoms with E-state index in [4.69, 9.17) is 0 Å². The largest absolute Gasteiger partial charge is 0.333 e. The lowest BCUT2D eigenvalue weighted by Gasteiger charge is -2.27. The molecule has 2 aliphatic rings. The number of sulfonamides is 1. The molecular formula is C17H24N2O3S. The highest BCUT2D eigenvalue weighted by atomic mass is 32.2. The maximum absolute atomic E-state index is 12.8. The number of anilines is 1. The molecule has 1 unspecified atom stereocenters. The molecule has 0 spiro atoms. The second kappa shape index (κ2) is 5.51. The van der Waals surface area contributed by atoms with Gasteiger partial charge in [0.25, 0.3) is 5.91 Å². The first-order valence-corrected chi connectivity index (χ1v) is 10.00. The van der Waals surface area contributed by atoms with Crippen LogP contribution in [0.25, 0.3) is 0 Å². The molecular weight excluding hydrogens is 312 g/mol. The standard InChI is InChI=1S/C17H24N2O3S/c1-11(2)18(15-6-7-15)17(20)13-5-8-16-14(10-13)9-12(3)19(16)23(4,21)22/h5,8,10-12,15H,6-7,9H2,1-4H3. The highest BCUT2D eigenvalue weighted by molar-refractivity contribution is 7.92. The van der Waals surface area contributed by atoms with Crippen LogP contribution in [0, 0.1) is 0 Å². The molecule has 0 saturated heterocycles. The molecule has 5 nitrogen and oxygen atoms in total. The first kappa shape index (κ1) is 16.3. The van der Waals surface area contributed by atoms with Crippen LogP contribution in [0.1, 0.15) is 49.5 Å². The predicted octanol–water partition coefficient (Wildman–Crippen LogP) is 2.41. The van der Waals surface area contributed by atoms with Crippen molar-refractivity contribution < 1.29 is 13.2 Å². The van der Waals surface area contributed by atoms with Crippen LogP contribution in [0.5, 0.6) is 0 Å². The van der Waals surface area contributed by atoms with Crippen LogP contribution in [0.2, 0.25) is 0 Å².